The van der Waals surface area contributed by atoms with Crippen LogP contribution in [0.25, 0.3) is 0 Å². The van der Waals surface area contributed by atoms with Gasteiger partial charge in [-0.1, -0.05) is 11.6 Å². The fraction of sp³-hybridized carbons (Fsp3) is 0.583. The first-order chi connectivity index (χ1) is 8.09. The van der Waals surface area contributed by atoms with Gasteiger partial charge in [0, 0.05) is 19.1 Å². The molecule has 0 radical (unpaired) electrons. The number of nitrogens with zero attached hydrogens (tertiary/aromatic N) is 1. The molecule has 0 aliphatic carbocycles. The monoisotopic (exact) mass is 272 g/mol. The molecule has 0 saturated carbocycles. The maximum absolute atomic E-state index is 12.3. The third-order valence-corrected chi connectivity index (χ3v) is 4.63. The average Bonchev–Trinajstić information content (AvgIpc) is 2.74. The molecular formula is C12H17ClN2OS. The van der Waals surface area contributed by atoms with Crippen LogP contribution in [0.15, 0.2) is 11.4 Å². The second-order valence-electron chi connectivity index (χ2n) is 4.61. The van der Waals surface area contributed by atoms with Crippen molar-refractivity contribution < 1.29 is 4.79 Å². The fourth-order valence-corrected chi connectivity index (χ4v) is 3.32. The van der Waals surface area contributed by atoms with Gasteiger partial charge in [0.05, 0.1) is 5.02 Å². The Balaban J connectivity index is 2.07. The van der Waals surface area contributed by atoms with Crippen LogP contribution in [0, 0.1) is 5.92 Å². The smallest absolute Gasteiger partial charge is 0.265 e. The minimum absolute atomic E-state index is 0.0513. The van der Waals surface area contributed by atoms with E-state index in [0.717, 1.165) is 25.9 Å². The van der Waals surface area contributed by atoms with E-state index in [1.54, 1.807) is 6.07 Å². The molecule has 2 heterocycles. The van der Waals surface area contributed by atoms with E-state index >= 15 is 0 Å². The Hall–Kier alpha value is -0.580. The highest BCUT2D eigenvalue weighted by atomic mass is 35.5. The first-order valence-electron chi connectivity index (χ1n) is 5.87. The minimum Gasteiger partial charge on any atom is -0.338 e. The van der Waals surface area contributed by atoms with E-state index in [0.29, 0.717) is 15.8 Å². The van der Waals surface area contributed by atoms with E-state index in [1.807, 2.05) is 17.2 Å². The molecular weight excluding hydrogens is 256 g/mol. The summed E-state index contributed by atoms with van der Waals surface area (Å²) < 4.78 is 0. The first kappa shape index (κ1) is 12.9. The molecule has 2 atom stereocenters. The Bertz CT molecular complexity index is 405. The number of thiophene rings is 1. The molecule has 2 unspecified atom stereocenters. The summed E-state index contributed by atoms with van der Waals surface area (Å²) in [5, 5.41) is 2.41. The van der Waals surface area contributed by atoms with Crippen LogP contribution in [0.1, 0.15) is 29.4 Å². The largest absolute Gasteiger partial charge is 0.338 e. The molecule has 1 amide bonds. The molecule has 1 aliphatic heterocycles. The molecule has 0 spiro atoms. The summed E-state index contributed by atoms with van der Waals surface area (Å²) in [6.07, 6.45) is 2.14. The zero-order chi connectivity index (χ0) is 12.4. The molecule has 3 nitrogen and oxygen atoms in total. The molecule has 5 heteroatoms. The van der Waals surface area contributed by atoms with Crippen molar-refractivity contribution in [1.82, 2.24) is 4.90 Å². The lowest BCUT2D eigenvalue weighted by atomic mass is 9.92. The Labute approximate surface area is 111 Å². The molecule has 2 rings (SSSR count). The van der Waals surface area contributed by atoms with Gasteiger partial charge in [0.25, 0.3) is 5.91 Å². The van der Waals surface area contributed by atoms with Crippen molar-refractivity contribution in [1.29, 1.82) is 0 Å². The van der Waals surface area contributed by atoms with Crippen LogP contribution in [0.2, 0.25) is 5.02 Å². The fourth-order valence-electron chi connectivity index (χ4n) is 2.21. The summed E-state index contributed by atoms with van der Waals surface area (Å²) in [5.74, 6) is 0.460. The van der Waals surface area contributed by atoms with E-state index < -0.39 is 0 Å². The zero-order valence-electron chi connectivity index (χ0n) is 9.86. The Morgan fingerprint density at radius 3 is 3.06 bits per heavy atom. The van der Waals surface area contributed by atoms with Gasteiger partial charge in [-0.15, -0.1) is 11.3 Å². The number of likely N-dealkylation sites (tertiary alicyclic amines) is 1. The van der Waals surface area contributed by atoms with E-state index in [-0.39, 0.29) is 11.9 Å². The molecule has 1 aliphatic rings. The molecule has 1 saturated heterocycles. The van der Waals surface area contributed by atoms with Crippen LogP contribution < -0.4 is 5.73 Å². The molecule has 2 N–H and O–H groups in total. The quantitative estimate of drug-likeness (QED) is 0.900. The van der Waals surface area contributed by atoms with Crippen LogP contribution in [0.5, 0.6) is 0 Å². The number of rotatable bonds is 2. The summed E-state index contributed by atoms with van der Waals surface area (Å²) >= 11 is 7.40. The van der Waals surface area contributed by atoms with E-state index in [1.165, 1.54) is 11.3 Å². The van der Waals surface area contributed by atoms with Crippen LogP contribution in [-0.4, -0.2) is 29.9 Å². The van der Waals surface area contributed by atoms with Gasteiger partial charge in [0.15, 0.2) is 0 Å². The highest BCUT2D eigenvalue weighted by Crippen LogP contribution is 2.26. The van der Waals surface area contributed by atoms with Crippen LogP contribution in [0.4, 0.5) is 0 Å². The lowest BCUT2D eigenvalue weighted by Gasteiger charge is -2.34. The molecule has 0 bridgehead atoms. The van der Waals surface area contributed by atoms with Gasteiger partial charge in [0.1, 0.15) is 4.88 Å². The Kier molecular flexibility index (Phi) is 4.07. The number of hydrogen-bond acceptors (Lipinski definition) is 3. The van der Waals surface area contributed by atoms with Gasteiger partial charge in [-0.25, -0.2) is 0 Å². The van der Waals surface area contributed by atoms with E-state index in [4.69, 9.17) is 17.3 Å². The molecule has 1 aromatic rings. The van der Waals surface area contributed by atoms with Crippen molar-refractivity contribution in [3.05, 3.63) is 21.3 Å². The summed E-state index contributed by atoms with van der Waals surface area (Å²) in [6, 6.07) is 1.91. The van der Waals surface area contributed by atoms with Crippen LogP contribution in [-0.2, 0) is 0 Å². The van der Waals surface area contributed by atoms with Crippen molar-refractivity contribution in [3.8, 4) is 0 Å². The lowest BCUT2D eigenvalue weighted by molar-refractivity contribution is 0.0666. The van der Waals surface area contributed by atoms with Crippen molar-refractivity contribution in [2.24, 2.45) is 11.7 Å². The van der Waals surface area contributed by atoms with Crippen molar-refractivity contribution in [2.75, 3.05) is 13.1 Å². The van der Waals surface area contributed by atoms with Crippen molar-refractivity contribution in [2.45, 2.75) is 25.8 Å². The number of carbonyl (C=O) groups is 1. The Morgan fingerprint density at radius 2 is 2.47 bits per heavy atom. The van der Waals surface area contributed by atoms with Crippen LogP contribution >= 0.6 is 22.9 Å². The van der Waals surface area contributed by atoms with Crippen molar-refractivity contribution in [3.63, 3.8) is 0 Å². The number of piperidine rings is 1. The zero-order valence-corrected chi connectivity index (χ0v) is 11.4. The van der Waals surface area contributed by atoms with Gasteiger partial charge in [-0.05, 0) is 37.1 Å². The molecule has 1 aromatic heterocycles. The number of nitrogens with two attached hydrogens (primary N) is 1. The average molecular weight is 273 g/mol. The predicted molar refractivity (Wildman–Crippen MR) is 71.6 cm³/mol. The number of carbonyl (C=O) groups excluding carboxylic acids is 1. The highest BCUT2D eigenvalue weighted by molar-refractivity contribution is 7.12. The second kappa shape index (κ2) is 5.38. The summed E-state index contributed by atoms with van der Waals surface area (Å²) in [6.45, 7) is 3.58. The number of halogens is 1. The van der Waals surface area contributed by atoms with Gasteiger partial charge >= 0.3 is 0 Å². The Morgan fingerprint density at radius 1 is 1.71 bits per heavy atom. The SMILES string of the molecule is CC(N)C1CCCN(C(=O)c2sccc2Cl)C1. The van der Waals surface area contributed by atoms with Gasteiger partial charge in [-0.2, -0.15) is 0 Å². The van der Waals surface area contributed by atoms with E-state index in [2.05, 4.69) is 0 Å². The minimum atomic E-state index is 0.0513. The topological polar surface area (TPSA) is 46.3 Å². The number of amides is 1. The molecule has 0 aromatic carbocycles. The molecule has 94 valence electrons. The molecule has 1 fully saturated rings. The van der Waals surface area contributed by atoms with Gasteiger partial charge in [-0.3, -0.25) is 4.79 Å². The maximum atomic E-state index is 12.3. The standard InChI is InChI=1S/C12H17ClN2OS/c1-8(14)9-3-2-5-15(7-9)12(16)11-10(13)4-6-17-11/h4,6,8-9H,2-3,5,7,14H2,1H3. The van der Waals surface area contributed by atoms with E-state index in [9.17, 15) is 4.79 Å². The summed E-state index contributed by atoms with van der Waals surface area (Å²) in [5.41, 5.74) is 5.92. The third kappa shape index (κ3) is 2.81. The second-order valence-corrected chi connectivity index (χ2v) is 5.93. The number of hydrogen-bond donors (Lipinski definition) is 1. The third-order valence-electron chi connectivity index (χ3n) is 3.30. The first-order valence-corrected chi connectivity index (χ1v) is 7.13. The van der Waals surface area contributed by atoms with Gasteiger partial charge < -0.3 is 10.6 Å². The van der Waals surface area contributed by atoms with Gasteiger partial charge in [0.2, 0.25) is 0 Å². The van der Waals surface area contributed by atoms with Crippen molar-refractivity contribution >= 4 is 28.8 Å². The summed E-state index contributed by atoms with van der Waals surface area (Å²) in [7, 11) is 0. The normalized spacial score (nSPS) is 22.5. The molecule has 17 heavy (non-hydrogen) atoms. The summed E-state index contributed by atoms with van der Waals surface area (Å²) in [4.78, 5) is 14.8. The highest BCUT2D eigenvalue weighted by Gasteiger charge is 2.27. The van der Waals surface area contributed by atoms with Crippen LogP contribution in [0.3, 0.4) is 0 Å². The maximum Gasteiger partial charge on any atom is 0.265 e. The predicted octanol–water partition coefficient (Wildman–Crippen LogP) is 2.60. The lowest BCUT2D eigenvalue weighted by Crippen LogP contribution is -2.44.